The molecule has 0 aliphatic heterocycles. The molecule has 0 radical (unpaired) electrons. The summed E-state index contributed by atoms with van der Waals surface area (Å²) in [5.74, 6) is -0.121. The van der Waals surface area contributed by atoms with Crippen molar-refractivity contribution in [1.29, 1.82) is 0 Å². The summed E-state index contributed by atoms with van der Waals surface area (Å²) in [5, 5.41) is 3.53. The highest BCUT2D eigenvalue weighted by molar-refractivity contribution is 7.92. The van der Waals surface area contributed by atoms with Crippen molar-refractivity contribution < 1.29 is 22.7 Å². The molecule has 1 saturated carbocycles. The van der Waals surface area contributed by atoms with Crippen LogP contribution in [0.5, 0.6) is 5.75 Å². The number of hydrogen-bond acceptors (Lipinski definition) is 5. The molecule has 0 unspecified atom stereocenters. The third kappa shape index (κ3) is 8.09. The number of aryl methyl sites for hydroxylation is 1. The molecule has 0 heterocycles. The van der Waals surface area contributed by atoms with Crippen LogP contribution in [0.15, 0.2) is 77.7 Å². The van der Waals surface area contributed by atoms with Gasteiger partial charge in [-0.05, 0) is 92.8 Å². The molecule has 1 fully saturated rings. The first-order valence-corrected chi connectivity index (χ1v) is 16.6. The lowest BCUT2D eigenvalue weighted by Crippen LogP contribution is -2.53. The van der Waals surface area contributed by atoms with E-state index in [2.05, 4.69) is 5.32 Å². The lowest BCUT2D eigenvalue weighted by molar-refractivity contribution is -0.140. The highest BCUT2D eigenvalue weighted by atomic mass is 35.5. The van der Waals surface area contributed by atoms with Crippen LogP contribution in [-0.4, -0.2) is 50.4 Å². The van der Waals surface area contributed by atoms with Crippen LogP contribution in [0.3, 0.4) is 0 Å². The van der Waals surface area contributed by atoms with E-state index >= 15 is 0 Å². The molecular weight excluding hydrogens is 586 g/mol. The van der Waals surface area contributed by atoms with Crippen molar-refractivity contribution in [1.82, 2.24) is 10.2 Å². The van der Waals surface area contributed by atoms with E-state index in [0.29, 0.717) is 29.5 Å². The number of rotatable bonds is 13. The highest BCUT2D eigenvalue weighted by Crippen LogP contribution is 2.28. The van der Waals surface area contributed by atoms with E-state index in [1.54, 1.807) is 24.3 Å². The first-order valence-electron chi connectivity index (χ1n) is 14.8. The number of nitrogens with zero attached hydrogens (tertiary/aromatic N) is 2. The Morgan fingerprint density at radius 2 is 1.63 bits per heavy atom. The Balaban J connectivity index is 1.72. The molecule has 1 atom stereocenters. The topological polar surface area (TPSA) is 96.0 Å². The number of sulfonamides is 1. The maximum atomic E-state index is 14.3. The summed E-state index contributed by atoms with van der Waals surface area (Å²) in [5.41, 5.74) is 2.16. The molecule has 3 aromatic rings. The lowest BCUT2D eigenvalue weighted by Gasteiger charge is -2.34. The number of carbonyl (C=O) groups is 2. The Labute approximate surface area is 260 Å². The highest BCUT2D eigenvalue weighted by Gasteiger charge is 2.34. The molecule has 4 rings (SSSR count). The van der Waals surface area contributed by atoms with Crippen LogP contribution in [0.1, 0.15) is 57.1 Å². The first-order chi connectivity index (χ1) is 20.6. The van der Waals surface area contributed by atoms with Crippen LogP contribution < -0.4 is 14.4 Å². The van der Waals surface area contributed by atoms with Crippen molar-refractivity contribution in [3.05, 3.63) is 88.9 Å². The minimum absolute atomic E-state index is 0.00458. The Morgan fingerprint density at radius 1 is 0.977 bits per heavy atom. The number of carbonyl (C=O) groups excluding carboxylic acids is 2. The van der Waals surface area contributed by atoms with Gasteiger partial charge in [0.05, 0.1) is 17.2 Å². The summed E-state index contributed by atoms with van der Waals surface area (Å²) < 4.78 is 34.7. The Morgan fingerprint density at radius 3 is 2.23 bits per heavy atom. The van der Waals surface area contributed by atoms with Crippen molar-refractivity contribution in [2.24, 2.45) is 0 Å². The second-order valence-corrected chi connectivity index (χ2v) is 13.1. The van der Waals surface area contributed by atoms with Gasteiger partial charge in [0.2, 0.25) is 11.8 Å². The Kier molecular flexibility index (Phi) is 11.1. The van der Waals surface area contributed by atoms with E-state index in [9.17, 15) is 18.0 Å². The van der Waals surface area contributed by atoms with Crippen molar-refractivity contribution in [2.75, 3.05) is 17.5 Å². The number of hydrogen-bond donors (Lipinski definition) is 1. The van der Waals surface area contributed by atoms with Crippen LogP contribution in [0, 0.1) is 6.92 Å². The second-order valence-electron chi connectivity index (χ2n) is 10.8. The van der Waals surface area contributed by atoms with Gasteiger partial charge >= 0.3 is 0 Å². The fourth-order valence-electron chi connectivity index (χ4n) is 5.40. The van der Waals surface area contributed by atoms with Crippen LogP contribution in [0.2, 0.25) is 5.02 Å². The van der Waals surface area contributed by atoms with Gasteiger partial charge in [0.15, 0.2) is 0 Å². The third-order valence-electron chi connectivity index (χ3n) is 7.81. The molecule has 0 bridgehead atoms. The van der Waals surface area contributed by atoms with Crippen LogP contribution in [-0.2, 0) is 26.2 Å². The first kappa shape index (κ1) is 32.4. The molecule has 1 N–H and O–H groups in total. The second kappa shape index (κ2) is 14.8. The molecule has 2 amide bonds. The average molecular weight is 626 g/mol. The monoisotopic (exact) mass is 625 g/mol. The van der Waals surface area contributed by atoms with E-state index < -0.39 is 28.5 Å². The predicted octanol–water partition coefficient (Wildman–Crippen LogP) is 6.11. The molecule has 230 valence electrons. The molecule has 3 aromatic carbocycles. The van der Waals surface area contributed by atoms with Crippen molar-refractivity contribution in [3.8, 4) is 5.75 Å². The quantitative estimate of drug-likeness (QED) is 0.247. The number of ether oxygens (including phenoxy) is 1. The standard InChI is InChI=1S/C33H40ClN3O5S/c1-4-31(33(39)35-27-12-8-9-13-27)36(22-25-11-7-6-10-24(25)3)32(38)23-37(28-16-18-29(19-17-28)42-5-2)43(40,41)30-20-14-26(34)15-21-30/h6-7,10-11,14-21,27,31H,4-5,8-9,12-13,22-23H2,1-3H3,(H,35,39)/t31-/m1/s1. The van der Waals surface area contributed by atoms with Gasteiger partial charge in [-0.15, -0.1) is 0 Å². The van der Waals surface area contributed by atoms with E-state index in [0.717, 1.165) is 41.1 Å². The summed E-state index contributed by atoms with van der Waals surface area (Å²) >= 11 is 6.04. The van der Waals surface area contributed by atoms with E-state index in [1.807, 2.05) is 45.0 Å². The number of anilines is 1. The predicted molar refractivity (Wildman–Crippen MR) is 170 cm³/mol. The number of benzene rings is 3. The minimum atomic E-state index is -4.19. The van der Waals surface area contributed by atoms with Gasteiger partial charge in [-0.3, -0.25) is 13.9 Å². The average Bonchev–Trinajstić information content (AvgIpc) is 3.50. The largest absolute Gasteiger partial charge is 0.494 e. The summed E-state index contributed by atoms with van der Waals surface area (Å²) in [6.07, 6.45) is 4.33. The molecule has 43 heavy (non-hydrogen) atoms. The van der Waals surface area contributed by atoms with Crippen LogP contribution in [0.25, 0.3) is 0 Å². The van der Waals surface area contributed by atoms with Gasteiger partial charge in [0.25, 0.3) is 10.0 Å². The number of nitrogens with one attached hydrogen (secondary N) is 1. The number of amides is 2. The van der Waals surface area contributed by atoms with Crippen molar-refractivity contribution in [3.63, 3.8) is 0 Å². The summed E-state index contributed by atoms with van der Waals surface area (Å²) in [7, 11) is -4.19. The Hall–Kier alpha value is -3.56. The fraction of sp³-hybridized carbons (Fsp3) is 0.394. The fourth-order valence-corrected chi connectivity index (χ4v) is 6.94. The zero-order valence-corrected chi connectivity index (χ0v) is 26.5. The maximum absolute atomic E-state index is 14.3. The van der Waals surface area contributed by atoms with Crippen LogP contribution in [0.4, 0.5) is 5.69 Å². The Bertz CT molecular complexity index is 1490. The normalized spacial score (nSPS) is 14.2. The molecule has 1 aliphatic carbocycles. The molecule has 1 aliphatic rings. The van der Waals surface area contributed by atoms with E-state index in [1.165, 1.54) is 29.2 Å². The van der Waals surface area contributed by atoms with Crippen molar-refractivity contribution in [2.45, 2.75) is 76.4 Å². The number of halogens is 1. The SMILES string of the molecule is CCOc1ccc(N(CC(=O)N(Cc2ccccc2C)[C@H](CC)C(=O)NC2CCCC2)S(=O)(=O)c2ccc(Cl)cc2)cc1. The van der Waals surface area contributed by atoms with Crippen LogP contribution >= 0.6 is 11.6 Å². The zero-order chi connectivity index (χ0) is 31.0. The summed E-state index contributed by atoms with van der Waals surface area (Å²) in [6.45, 7) is 5.80. The van der Waals surface area contributed by atoms with Gasteiger partial charge in [0.1, 0.15) is 18.3 Å². The van der Waals surface area contributed by atoms with Gasteiger partial charge in [0, 0.05) is 17.6 Å². The molecular formula is C33H40ClN3O5S. The van der Waals surface area contributed by atoms with Gasteiger partial charge in [-0.1, -0.05) is 55.6 Å². The van der Waals surface area contributed by atoms with Gasteiger partial charge in [-0.2, -0.15) is 0 Å². The third-order valence-corrected chi connectivity index (χ3v) is 9.85. The van der Waals surface area contributed by atoms with E-state index in [-0.39, 0.29) is 23.4 Å². The van der Waals surface area contributed by atoms with E-state index in [4.69, 9.17) is 16.3 Å². The molecule has 0 aromatic heterocycles. The summed E-state index contributed by atoms with van der Waals surface area (Å²) in [4.78, 5) is 29.4. The molecule has 0 spiro atoms. The zero-order valence-electron chi connectivity index (χ0n) is 25.0. The van der Waals surface area contributed by atoms with Gasteiger partial charge in [-0.25, -0.2) is 8.42 Å². The minimum Gasteiger partial charge on any atom is -0.494 e. The lowest BCUT2D eigenvalue weighted by atomic mass is 10.1. The summed E-state index contributed by atoms with van der Waals surface area (Å²) in [6, 6.07) is 19.4. The maximum Gasteiger partial charge on any atom is 0.264 e. The van der Waals surface area contributed by atoms with Crippen molar-refractivity contribution >= 4 is 39.1 Å². The molecule has 10 heteroatoms. The van der Waals surface area contributed by atoms with Gasteiger partial charge < -0.3 is 15.0 Å². The molecule has 8 nitrogen and oxygen atoms in total. The smallest absolute Gasteiger partial charge is 0.264 e. The molecule has 0 saturated heterocycles.